The first kappa shape index (κ1) is 15.1. The van der Waals surface area contributed by atoms with Crippen molar-refractivity contribution in [2.45, 2.75) is 0 Å². The van der Waals surface area contributed by atoms with E-state index >= 15 is 0 Å². The van der Waals surface area contributed by atoms with E-state index in [0.29, 0.717) is 22.1 Å². The van der Waals surface area contributed by atoms with Crippen LogP contribution in [0.4, 0.5) is 15.8 Å². The van der Waals surface area contributed by atoms with Gasteiger partial charge in [0.15, 0.2) is 0 Å². The maximum atomic E-state index is 13.0. The Kier molecular flexibility index (Phi) is 5.00. The van der Waals surface area contributed by atoms with Crippen LogP contribution in [0.3, 0.4) is 0 Å². The van der Waals surface area contributed by atoms with Crippen molar-refractivity contribution < 1.29 is 13.9 Å². The fraction of sp³-hybridized carbons (Fsp3) is 0.133. The van der Waals surface area contributed by atoms with E-state index in [9.17, 15) is 9.18 Å². The van der Waals surface area contributed by atoms with Gasteiger partial charge in [-0.15, -0.1) is 0 Å². The Bertz CT molecular complexity index is 649. The number of benzene rings is 2. The Morgan fingerprint density at radius 1 is 1.29 bits per heavy atom. The minimum Gasteiger partial charge on any atom is -0.495 e. The monoisotopic (exact) mass is 308 g/mol. The molecular formula is C15H14ClFN2O2. The van der Waals surface area contributed by atoms with E-state index in [1.54, 1.807) is 24.3 Å². The SMILES string of the molecule is COc1ccc(Cl)cc1NCC(=O)Nc1cccc(F)c1. The van der Waals surface area contributed by atoms with Crippen molar-refractivity contribution in [3.8, 4) is 5.75 Å². The van der Waals surface area contributed by atoms with Gasteiger partial charge in [0.1, 0.15) is 11.6 Å². The third-order valence-electron chi connectivity index (χ3n) is 2.71. The summed E-state index contributed by atoms with van der Waals surface area (Å²) in [4.78, 5) is 11.8. The Morgan fingerprint density at radius 2 is 2.10 bits per heavy atom. The summed E-state index contributed by atoms with van der Waals surface area (Å²) in [6.07, 6.45) is 0. The Hall–Kier alpha value is -2.27. The van der Waals surface area contributed by atoms with Crippen LogP contribution in [0.5, 0.6) is 5.75 Å². The van der Waals surface area contributed by atoms with E-state index in [2.05, 4.69) is 10.6 Å². The van der Waals surface area contributed by atoms with Gasteiger partial charge in [0.2, 0.25) is 5.91 Å². The van der Waals surface area contributed by atoms with Crippen LogP contribution in [0.1, 0.15) is 0 Å². The molecule has 0 aromatic heterocycles. The van der Waals surface area contributed by atoms with Crippen LogP contribution in [0, 0.1) is 5.82 Å². The minimum absolute atomic E-state index is 0.00716. The molecule has 0 aliphatic heterocycles. The molecule has 0 atom stereocenters. The molecule has 0 saturated carbocycles. The standard InChI is InChI=1S/C15H14ClFN2O2/c1-21-14-6-5-10(16)7-13(14)18-9-15(20)19-12-4-2-3-11(17)8-12/h2-8,18H,9H2,1H3,(H,19,20). The molecule has 2 rings (SSSR count). The normalized spacial score (nSPS) is 10.0. The zero-order valence-corrected chi connectivity index (χ0v) is 12.1. The highest BCUT2D eigenvalue weighted by Gasteiger charge is 2.07. The summed E-state index contributed by atoms with van der Waals surface area (Å²) in [5, 5.41) is 6.05. The highest BCUT2D eigenvalue weighted by atomic mass is 35.5. The van der Waals surface area contributed by atoms with Crippen molar-refractivity contribution in [3.63, 3.8) is 0 Å². The summed E-state index contributed by atoms with van der Waals surface area (Å²) in [7, 11) is 1.53. The number of hydrogen-bond acceptors (Lipinski definition) is 3. The number of carbonyl (C=O) groups excluding carboxylic acids is 1. The molecule has 0 spiro atoms. The summed E-state index contributed by atoms with van der Waals surface area (Å²) in [6, 6.07) is 10.8. The molecule has 0 unspecified atom stereocenters. The van der Waals surface area contributed by atoms with Crippen molar-refractivity contribution in [3.05, 3.63) is 53.3 Å². The predicted molar refractivity (Wildman–Crippen MR) is 81.5 cm³/mol. The average Bonchev–Trinajstić information content (AvgIpc) is 2.45. The Morgan fingerprint density at radius 3 is 2.81 bits per heavy atom. The lowest BCUT2D eigenvalue weighted by molar-refractivity contribution is -0.114. The van der Waals surface area contributed by atoms with E-state index < -0.39 is 5.82 Å². The number of anilines is 2. The highest BCUT2D eigenvalue weighted by Crippen LogP contribution is 2.27. The van der Waals surface area contributed by atoms with Gasteiger partial charge in [-0.05, 0) is 36.4 Å². The molecule has 0 saturated heterocycles. The largest absolute Gasteiger partial charge is 0.495 e. The van der Waals surface area contributed by atoms with Gasteiger partial charge >= 0.3 is 0 Å². The molecule has 110 valence electrons. The molecule has 6 heteroatoms. The molecule has 0 bridgehead atoms. The van der Waals surface area contributed by atoms with Crippen LogP contribution in [-0.2, 0) is 4.79 Å². The number of rotatable bonds is 5. The van der Waals surface area contributed by atoms with Gasteiger partial charge in [-0.25, -0.2) is 4.39 Å². The highest BCUT2D eigenvalue weighted by molar-refractivity contribution is 6.30. The van der Waals surface area contributed by atoms with Gasteiger partial charge in [0.05, 0.1) is 19.3 Å². The lowest BCUT2D eigenvalue weighted by atomic mass is 10.3. The van der Waals surface area contributed by atoms with Crippen LogP contribution in [0.25, 0.3) is 0 Å². The van der Waals surface area contributed by atoms with Crippen LogP contribution in [-0.4, -0.2) is 19.6 Å². The number of methoxy groups -OCH3 is 1. The van der Waals surface area contributed by atoms with Crippen molar-refractivity contribution in [1.29, 1.82) is 0 Å². The third-order valence-corrected chi connectivity index (χ3v) is 2.94. The molecule has 2 aromatic rings. The number of hydrogen-bond donors (Lipinski definition) is 2. The molecular weight excluding hydrogens is 295 g/mol. The van der Waals surface area contributed by atoms with E-state index in [1.165, 1.54) is 25.3 Å². The van der Waals surface area contributed by atoms with Crippen molar-refractivity contribution >= 4 is 28.9 Å². The summed E-state index contributed by atoms with van der Waals surface area (Å²) in [5.41, 5.74) is 1.01. The molecule has 0 radical (unpaired) electrons. The second-order valence-corrected chi connectivity index (χ2v) is 4.69. The molecule has 0 aliphatic carbocycles. The molecule has 0 aliphatic rings. The van der Waals surface area contributed by atoms with Crippen molar-refractivity contribution in [2.75, 3.05) is 24.3 Å². The Labute approximate surface area is 126 Å². The molecule has 2 aromatic carbocycles. The van der Waals surface area contributed by atoms with E-state index in [1.807, 2.05) is 0 Å². The fourth-order valence-corrected chi connectivity index (χ4v) is 1.94. The molecule has 2 N–H and O–H groups in total. The van der Waals surface area contributed by atoms with Crippen LogP contribution in [0.2, 0.25) is 5.02 Å². The fourth-order valence-electron chi connectivity index (χ4n) is 1.77. The summed E-state index contributed by atoms with van der Waals surface area (Å²) >= 11 is 5.90. The number of nitrogens with one attached hydrogen (secondary N) is 2. The van der Waals surface area contributed by atoms with Crippen LogP contribution in [0.15, 0.2) is 42.5 Å². The van der Waals surface area contributed by atoms with Gasteiger partial charge < -0.3 is 15.4 Å². The smallest absolute Gasteiger partial charge is 0.243 e. The van der Waals surface area contributed by atoms with Crippen molar-refractivity contribution in [2.24, 2.45) is 0 Å². The van der Waals surface area contributed by atoms with Gasteiger partial charge in [0, 0.05) is 10.7 Å². The second-order valence-electron chi connectivity index (χ2n) is 4.26. The molecule has 0 heterocycles. The van der Waals surface area contributed by atoms with Crippen molar-refractivity contribution in [1.82, 2.24) is 0 Å². The van der Waals surface area contributed by atoms with Gasteiger partial charge in [-0.3, -0.25) is 4.79 Å². The maximum Gasteiger partial charge on any atom is 0.243 e. The quantitative estimate of drug-likeness (QED) is 0.888. The van der Waals surface area contributed by atoms with Gasteiger partial charge in [-0.2, -0.15) is 0 Å². The molecule has 21 heavy (non-hydrogen) atoms. The van der Waals surface area contributed by atoms with E-state index in [-0.39, 0.29) is 12.5 Å². The van der Waals surface area contributed by atoms with Crippen LogP contribution < -0.4 is 15.4 Å². The summed E-state index contributed by atoms with van der Waals surface area (Å²) < 4.78 is 18.2. The average molecular weight is 309 g/mol. The topological polar surface area (TPSA) is 50.4 Å². The molecule has 0 fully saturated rings. The number of carbonyl (C=O) groups is 1. The van der Waals surface area contributed by atoms with Crippen LogP contribution >= 0.6 is 11.6 Å². The molecule has 4 nitrogen and oxygen atoms in total. The zero-order chi connectivity index (χ0) is 15.2. The van der Waals surface area contributed by atoms with Gasteiger partial charge in [-0.1, -0.05) is 17.7 Å². The predicted octanol–water partition coefficient (Wildman–Crippen LogP) is 3.54. The first-order valence-electron chi connectivity index (χ1n) is 6.21. The number of halogens is 2. The Balaban J connectivity index is 1.96. The number of amides is 1. The lowest BCUT2D eigenvalue weighted by Gasteiger charge is -2.11. The second kappa shape index (κ2) is 6.95. The zero-order valence-electron chi connectivity index (χ0n) is 11.3. The number of ether oxygens (including phenoxy) is 1. The minimum atomic E-state index is -0.405. The van der Waals surface area contributed by atoms with E-state index in [0.717, 1.165) is 0 Å². The summed E-state index contributed by atoms with van der Waals surface area (Å²) in [5.74, 6) is -0.127. The lowest BCUT2D eigenvalue weighted by Crippen LogP contribution is -2.22. The third kappa shape index (κ3) is 4.36. The first-order valence-corrected chi connectivity index (χ1v) is 6.59. The summed E-state index contributed by atoms with van der Waals surface area (Å²) in [6.45, 7) is 0.00716. The van der Waals surface area contributed by atoms with Gasteiger partial charge in [0.25, 0.3) is 0 Å². The maximum absolute atomic E-state index is 13.0. The first-order chi connectivity index (χ1) is 10.1. The molecule has 1 amide bonds. The van der Waals surface area contributed by atoms with E-state index in [4.69, 9.17) is 16.3 Å².